The number of nitrogens with zero attached hydrogens (tertiary/aromatic N) is 2. The lowest BCUT2D eigenvalue weighted by atomic mass is 10.2. The van der Waals surface area contributed by atoms with Gasteiger partial charge in [-0.15, -0.1) is 0 Å². The highest BCUT2D eigenvalue weighted by Gasteiger charge is 2.34. The fourth-order valence-electron chi connectivity index (χ4n) is 2.67. The Kier molecular flexibility index (Phi) is 5.04. The van der Waals surface area contributed by atoms with Gasteiger partial charge in [-0.2, -0.15) is 0 Å². The quantitative estimate of drug-likeness (QED) is 0.617. The fourth-order valence-corrected chi connectivity index (χ4v) is 3.94. The molecule has 2 heterocycles. The van der Waals surface area contributed by atoms with E-state index in [1.165, 1.54) is 11.8 Å². The molecule has 2 saturated heterocycles. The summed E-state index contributed by atoms with van der Waals surface area (Å²) in [6, 6.07) is 8.11. The first-order valence-corrected chi connectivity index (χ1v) is 8.91. The van der Waals surface area contributed by atoms with Gasteiger partial charge in [0.15, 0.2) is 0 Å². The highest BCUT2D eigenvalue weighted by Crippen LogP contribution is 2.33. The maximum atomic E-state index is 12.6. The van der Waals surface area contributed by atoms with Crippen LogP contribution in [0.2, 0.25) is 0 Å². The number of thiocarbonyl (C=S) groups is 1. The van der Waals surface area contributed by atoms with Gasteiger partial charge in [-0.25, -0.2) is 0 Å². The highest BCUT2D eigenvalue weighted by molar-refractivity contribution is 8.26. The van der Waals surface area contributed by atoms with E-state index in [1.807, 2.05) is 49.3 Å². The van der Waals surface area contributed by atoms with Gasteiger partial charge in [-0.1, -0.05) is 36.1 Å². The zero-order valence-electron chi connectivity index (χ0n) is 13.3. The molecule has 2 fully saturated rings. The van der Waals surface area contributed by atoms with Crippen LogP contribution in [0.4, 0.5) is 5.69 Å². The van der Waals surface area contributed by atoms with Gasteiger partial charge in [0, 0.05) is 26.4 Å². The molecule has 0 radical (unpaired) electrons. The van der Waals surface area contributed by atoms with E-state index in [0.717, 1.165) is 30.7 Å². The van der Waals surface area contributed by atoms with E-state index in [1.54, 1.807) is 4.90 Å². The summed E-state index contributed by atoms with van der Waals surface area (Å²) in [4.78, 5) is 17.0. The van der Waals surface area contributed by atoms with E-state index in [9.17, 15) is 4.79 Å². The lowest BCUT2D eigenvalue weighted by Crippen LogP contribution is -2.35. The maximum Gasteiger partial charge on any atom is 0.266 e. The van der Waals surface area contributed by atoms with Crippen molar-refractivity contribution in [3.8, 4) is 0 Å². The fraction of sp³-hybridized carbons (Fsp3) is 0.412. The van der Waals surface area contributed by atoms with Crippen LogP contribution in [0.5, 0.6) is 0 Å². The molecule has 1 amide bonds. The first-order valence-electron chi connectivity index (χ1n) is 7.69. The van der Waals surface area contributed by atoms with Gasteiger partial charge < -0.3 is 9.64 Å². The third kappa shape index (κ3) is 3.76. The summed E-state index contributed by atoms with van der Waals surface area (Å²) in [7, 11) is 4.01. The number of benzene rings is 1. The summed E-state index contributed by atoms with van der Waals surface area (Å²) in [5, 5.41) is 0. The first kappa shape index (κ1) is 16.5. The van der Waals surface area contributed by atoms with Crippen molar-refractivity contribution in [2.75, 3.05) is 32.1 Å². The monoisotopic (exact) mass is 348 g/mol. The van der Waals surface area contributed by atoms with Gasteiger partial charge in [0.2, 0.25) is 0 Å². The molecule has 0 saturated carbocycles. The number of hydrogen-bond acceptors (Lipinski definition) is 5. The molecule has 1 aromatic carbocycles. The van der Waals surface area contributed by atoms with E-state index >= 15 is 0 Å². The molecule has 0 N–H and O–H groups in total. The van der Waals surface area contributed by atoms with Crippen molar-refractivity contribution in [1.82, 2.24) is 4.90 Å². The van der Waals surface area contributed by atoms with Crippen LogP contribution in [-0.2, 0) is 9.53 Å². The standard InChI is InChI=1S/C17H20N2O2S2/c1-18(2)13-7-5-12(6-8-13)10-15-16(20)19(17(22)23-15)11-14-4-3-9-21-14/h5-8,10,14H,3-4,9,11H2,1-2H3/b15-10-/t14-/m1/s1. The molecule has 4 nitrogen and oxygen atoms in total. The second-order valence-corrected chi connectivity index (χ2v) is 7.59. The van der Waals surface area contributed by atoms with Gasteiger partial charge in [0.25, 0.3) is 5.91 Å². The molecule has 1 atom stereocenters. The van der Waals surface area contributed by atoms with Crippen molar-refractivity contribution >= 4 is 46.0 Å². The molecule has 23 heavy (non-hydrogen) atoms. The molecule has 6 heteroatoms. The molecule has 1 aromatic rings. The number of amides is 1. The SMILES string of the molecule is CN(C)c1ccc(/C=C2\SC(=S)N(C[C@H]3CCCO3)C2=O)cc1. The van der Waals surface area contributed by atoms with Crippen molar-refractivity contribution in [1.29, 1.82) is 0 Å². The van der Waals surface area contributed by atoms with Gasteiger partial charge in [0.05, 0.1) is 17.6 Å². The molecule has 0 spiro atoms. The van der Waals surface area contributed by atoms with Gasteiger partial charge >= 0.3 is 0 Å². The summed E-state index contributed by atoms with van der Waals surface area (Å²) in [5.41, 5.74) is 2.14. The van der Waals surface area contributed by atoms with Gasteiger partial charge in [-0.3, -0.25) is 9.69 Å². The second kappa shape index (κ2) is 7.03. The number of hydrogen-bond donors (Lipinski definition) is 0. The summed E-state index contributed by atoms with van der Waals surface area (Å²) < 4.78 is 6.24. The topological polar surface area (TPSA) is 32.8 Å². The average Bonchev–Trinajstić information content (AvgIpc) is 3.12. The largest absolute Gasteiger partial charge is 0.378 e. The van der Waals surface area contributed by atoms with E-state index < -0.39 is 0 Å². The van der Waals surface area contributed by atoms with E-state index in [0.29, 0.717) is 15.8 Å². The molecule has 2 aliphatic rings. The van der Waals surface area contributed by atoms with Crippen molar-refractivity contribution in [3.63, 3.8) is 0 Å². The van der Waals surface area contributed by atoms with E-state index in [4.69, 9.17) is 17.0 Å². The van der Waals surface area contributed by atoms with Crippen LogP contribution in [0, 0.1) is 0 Å². The Morgan fingerprint density at radius 1 is 1.39 bits per heavy atom. The number of rotatable bonds is 4. The smallest absolute Gasteiger partial charge is 0.266 e. The van der Waals surface area contributed by atoms with Crippen molar-refractivity contribution in [3.05, 3.63) is 34.7 Å². The number of carbonyl (C=O) groups excluding carboxylic acids is 1. The minimum atomic E-state index is -0.00724. The third-order valence-corrected chi connectivity index (χ3v) is 5.37. The van der Waals surface area contributed by atoms with E-state index in [-0.39, 0.29) is 12.0 Å². The Bertz CT molecular complexity index is 634. The minimum absolute atomic E-state index is 0.00724. The maximum absolute atomic E-state index is 12.6. The van der Waals surface area contributed by atoms with Crippen LogP contribution in [0.25, 0.3) is 6.08 Å². The summed E-state index contributed by atoms with van der Waals surface area (Å²) >= 11 is 6.74. The number of anilines is 1. The second-order valence-electron chi connectivity index (χ2n) is 5.91. The minimum Gasteiger partial charge on any atom is -0.378 e. The van der Waals surface area contributed by atoms with Crippen LogP contribution in [0.1, 0.15) is 18.4 Å². The van der Waals surface area contributed by atoms with E-state index in [2.05, 4.69) is 0 Å². The number of thioether (sulfide) groups is 1. The summed E-state index contributed by atoms with van der Waals surface area (Å²) in [5.74, 6) is -0.00724. The zero-order valence-corrected chi connectivity index (χ0v) is 15.0. The highest BCUT2D eigenvalue weighted by atomic mass is 32.2. The average molecular weight is 348 g/mol. The molecule has 0 aromatic heterocycles. The first-order chi connectivity index (χ1) is 11.0. The van der Waals surface area contributed by atoms with Crippen LogP contribution in [0.3, 0.4) is 0 Å². The predicted molar refractivity (Wildman–Crippen MR) is 99.6 cm³/mol. The van der Waals surface area contributed by atoms with Crippen LogP contribution >= 0.6 is 24.0 Å². The Balaban J connectivity index is 1.72. The molecule has 0 unspecified atom stereocenters. The summed E-state index contributed by atoms with van der Waals surface area (Å²) in [6.45, 7) is 1.36. The van der Waals surface area contributed by atoms with Crippen molar-refractivity contribution in [2.24, 2.45) is 0 Å². The number of carbonyl (C=O) groups is 1. The predicted octanol–water partition coefficient (Wildman–Crippen LogP) is 3.13. The summed E-state index contributed by atoms with van der Waals surface area (Å²) in [6.07, 6.45) is 4.10. The molecule has 0 aliphatic carbocycles. The Hall–Kier alpha value is -1.37. The number of ether oxygens (including phenoxy) is 1. The Morgan fingerprint density at radius 2 is 2.13 bits per heavy atom. The zero-order chi connectivity index (χ0) is 16.4. The molecule has 2 aliphatic heterocycles. The van der Waals surface area contributed by atoms with Crippen LogP contribution in [-0.4, -0.2) is 48.5 Å². The Morgan fingerprint density at radius 3 is 2.74 bits per heavy atom. The van der Waals surface area contributed by atoms with Crippen molar-refractivity contribution < 1.29 is 9.53 Å². The molecule has 122 valence electrons. The lowest BCUT2D eigenvalue weighted by molar-refractivity contribution is -0.123. The van der Waals surface area contributed by atoms with Crippen LogP contribution in [0.15, 0.2) is 29.2 Å². The van der Waals surface area contributed by atoms with Crippen LogP contribution < -0.4 is 4.90 Å². The molecular formula is C17H20N2O2S2. The normalized spacial score (nSPS) is 23.1. The Labute approximate surface area is 146 Å². The van der Waals surface area contributed by atoms with Gasteiger partial charge in [0.1, 0.15) is 4.32 Å². The molecular weight excluding hydrogens is 328 g/mol. The third-order valence-electron chi connectivity index (χ3n) is 3.99. The van der Waals surface area contributed by atoms with Gasteiger partial charge in [-0.05, 0) is 36.6 Å². The lowest BCUT2D eigenvalue weighted by Gasteiger charge is -2.18. The van der Waals surface area contributed by atoms with Crippen molar-refractivity contribution in [2.45, 2.75) is 18.9 Å². The molecule has 3 rings (SSSR count). The molecule has 0 bridgehead atoms.